The first-order valence-corrected chi connectivity index (χ1v) is 8.24. The van der Waals surface area contributed by atoms with Gasteiger partial charge in [0.15, 0.2) is 0 Å². The van der Waals surface area contributed by atoms with Gasteiger partial charge in [-0.2, -0.15) is 0 Å². The second kappa shape index (κ2) is 4.47. The van der Waals surface area contributed by atoms with Crippen LogP contribution >= 0.6 is 0 Å². The second-order valence-corrected chi connectivity index (χ2v) is 7.42. The zero-order chi connectivity index (χ0) is 13.0. The summed E-state index contributed by atoms with van der Waals surface area (Å²) in [6.45, 7) is 1.07. The topological polar surface area (TPSA) is 32.3 Å². The van der Waals surface area contributed by atoms with Crippen molar-refractivity contribution in [2.45, 2.75) is 57.0 Å². The van der Waals surface area contributed by atoms with Gasteiger partial charge in [0.1, 0.15) is 0 Å². The highest BCUT2D eigenvalue weighted by Gasteiger charge is 2.49. The number of nitrogens with zero attached hydrogens (tertiary/aromatic N) is 1. The molecule has 0 aromatic rings. The highest BCUT2D eigenvalue weighted by Crippen LogP contribution is 2.49. The molecule has 106 valence electrons. The van der Waals surface area contributed by atoms with E-state index in [0.29, 0.717) is 11.9 Å². The number of likely N-dealkylation sites (tertiary alicyclic amines) is 1. The molecule has 19 heavy (non-hydrogen) atoms. The van der Waals surface area contributed by atoms with Crippen molar-refractivity contribution >= 4 is 5.91 Å². The predicted molar refractivity (Wildman–Crippen MR) is 74.6 cm³/mol. The van der Waals surface area contributed by atoms with Crippen molar-refractivity contribution in [2.24, 2.45) is 23.7 Å². The molecule has 1 amide bonds. The zero-order valence-corrected chi connectivity index (χ0v) is 12.0. The van der Waals surface area contributed by atoms with Gasteiger partial charge in [0, 0.05) is 12.6 Å². The number of nitrogens with one attached hydrogen (secondary N) is 1. The SMILES string of the molecule is CNC1CC2CC2CN(C2CC3CCCC2C3)C1=O. The van der Waals surface area contributed by atoms with Crippen LogP contribution in [0.5, 0.6) is 0 Å². The average Bonchev–Trinajstić information content (AvgIpc) is 3.11. The van der Waals surface area contributed by atoms with Crippen LogP contribution in [0.25, 0.3) is 0 Å². The number of rotatable bonds is 2. The molecule has 0 aromatic heterocycles. The van der Waals surface area contributed by atoms with Crippen molar-refractivity contribution in [3.63, 3.8) is 0 Å². The Balaban J connectivity index is 1.56. The van der Waals surface area contributed by atoms with Crippen LogP contribution in [0.3, 0.4) is 0 Å². The summed E-state index contributed by atoms with van der Waals surface area (Å²) in [5.74, 6) is 3.79. The lowest BCUT2D eigenvalue weighted by Gasteiger charge is -2.34. The Morgan fingerprint density at radius 1 is 1.05 bits per heavy atom. The third kappa shape index (κ3) is 2.01. The number of hydrogen-bond acceptors (Lipinski definition) is 2. The van der Waals surface area contributed by atoms with Gasteiger partial charge in [-0.1, -0.05) is 12.8 Å². The first-order valence-electron chi connectivity index (χ1n) is 8.24. The Morgan fingerprint density at radius 3 is 2.74 bits per heavy atom. The van der Waals surface area contributed by atoms with Crippen LogP contribution in [0, 0.1) is 23.7 Å². The Labute approximate surface area is 116 Å². The van der Waals surface area contributed by atoms with Crippen molar-refractivity contribution < 1.29 is 4.79 Å². The molecule has 1 N–H and O–H groups in total. The van der Waals surface area contributed by atoms with E-state index in [2.05, 4.69) is 10.2 Å². The summed E-state index contributed by atoms with van der Waals surface area (Å²) >= 11 is 0. The van der Waals surface area contributed by atoms with Crippen molar-refractivity contribution in [1.29, 1.82) is 0 Å². The van der Waals surface area contributed by atoms with E-state index < -0.39 is 0 Å². The quantitative estimate of drug-likeness (QED) is 0.826. The Bertz CT molecular complexity index is 383. The lowest BCUT2D eigenvalue weighted by molar-refractivity contribution is -0.136. The summed E-state index contributed by atoms with van der Waals surface area (Å²) in [5.41, 5.74) is 0. The van der Waals surface area contributed by atoms with Gasteiger partial charge in [-0.3, -0.25) is 4.79 Å². The average molecular weight is 262 g/mol. The minimum absolute atomic E-state index is 0.0953. The van der Waals surface area contributed by atoms with E-state index >= 15 is 0 Å². The van der Waals surface area contributed by atoms with Gasteiger partial charge in [-0.15, -0.1) is 0 Å². The van der Waals surface area contributed by atoms with Gasteiger partial charge < -0.3 is 10.2 Å². The molecule has 0 radical (unpaired) electrons. The molecule has 4 aliphatic rings. The zero-order valence-electron chi connectivity index (χ0n) is 12.0. The summed E-state index contributed by atoms with van der Waals surface area (Å²) in [7, 11) is 1.95. The van der Waals surface area contributed by atoms with Gasteiger partial charge in [-0.25, -0.2) is 0 Å². The van der Waals surface area contributed by atoms with Crippen LogP contribution in [0.15, 0.2) is 0 Å². The monoisotopic (exact) mass is 262 g/mol. The molecule has 3 heteroatoms. The minimum Gasteiger partial charge on any atom is -0.338 e. The van der Waals surface area contributed by atoms with E-state index in [0.717, 1.165) is 36.6 Å². The number of carbonyl (C=O) groups excluding carboxylic acids is 1. The van der Waals surface area contributed by atoms with Gasteiger partial charge >= 0.3 is 0 Å². The molecule has 0 aromatic carbocycles. The van der Waals surface area contributed by atoms with E-state index in [4.69, 9.17) is 0 Å². The predicted octanol–water partition coefficient (Wildman–Crippen LogP) is 2.02. The molecule has 2 bridgehead atoms. The second-order valence-electron chi connectivity index (χ2n) is 7.42. The third-order valence-electron chi connectivity index (χ3n) is 6.31. The molecule has 3 nitrogen and oxygen atoms in total. The van der Waals surface area contributed by atoms with E-state index in [1.165, 1.54) is 38.5 Å². The molecule has 6 unspecified atom stereocenters. The Kier molecular flexibility index (Phi) is 2.87. The van der Waals surface area contributed by atoms with E-state index in [-0.39, 0.29) is 6.04 Å². The molecule has 3 aliphatic carbocycles. The molecular weight excluding hydrogens is 236 g/mol. The smallest absolute Gasteiger partial charge is 0.239 e. The highest BCUT2D eigenvalue weighted by atomic mass is 16.2. The molecule has 3 saturated carbocycles. The van der Waals surface area contributed by atoms with Gasteiger partial charge in [-0.05, 0) is 62.8 Å². The number of hydrogen-bond donors (Lipinski definition) is 1. The molecule has 1 heterocycles. The molecule has 4 rings (SSSR count). The molecule has 0 spiro atoms. The normalized spacial score (nSPS) is 48.9. The minimum atomic E-state index is 0.0953. The van der Waals surface area contributed by atoms with Crippen LogP contribution < -0.4 is 5.32 Å². The van der Waals surface area contributed by atoms with E-state index in [9.17, 15) is 4.79 Å². The van der Waals surface area contributed by atoms with Gasteiger partial charge in [0.05, 0.1) is 6.04 Å². The molecule has 4 fully saturated rings. The fourth-order valence-corrected chi connectivity index (χ4v) is 5.12. The molecule has 1 aliphatic heterocycles. The van der Waals surface area contributed by atoms with Crippen molar-refractivity contribution in [1.82, 2.24) is 10.2 Å². The largest absolute Gasteiger partial charge is 0.338 e. The van der Waals surface area contributed by atoms with Crippen LogP contribution in [0.4, 0.5) is 0 Å². The first-order chi connectivity index (χ1) is 9.26. The van der Waals surface area contributed by atoms with Gasteiger partial charge in [0.2, 0.25) is 5.91 Å². The number of likely N-dealkylation sites (N-methyl/N-ethyl adjacent to an activating group) is 1. The summed E-state index contributed by atoms with van der Waals surface area (Å²) < 4.78 is 0. The fourth-order valence-electron chi connectivity index (χ4n) is 5.12. The lowest BCUT2D eigenvalue weighted by atomic mass is 9.88. The summed E-state index contributed by atoms with van der Waals surface area (Å²) in [6.07, 6.45) is 9.31. The lowest BCUT2D eigenvalue weighted by Crippen LogP contribution is -2.50. The standard InChI is InChI=1S/C16H26N2O/c1-17-14-8-12-7-13(12)9-18(16(14)19)15-6-10-3-2-4-11(15)5-10/h10-15,17H,2-9H2,1H3. The van der Waals surface area contributed by atoms with Crippen LogP contribution in [-0.2, 0) is 4.79 Å². The molecular formula is C16H26N2O. The van der Waals surface area contributed by atoms with Crippen molar-refractivity contribution in [3.8, 4) is 0 Å². The first kappa shape index (κ1) is 12.2. The number of amides is 1. The maximum Gasteiger partial charge on any atom is 0.239 e. The molecule has 1 saturated heterocycles. The molecule has 6 atom stereocenters. The van der Waals surface area contributed by atoms with Crippen LogP contribution in [0.1, 0.15) is 44.9 Å². The van der Waals surface area contributed by atoms with Crippen LogP contribution in [0.2, 0.25) is 0 Å². The highest BCUT2D eigenvalue weighted by molar-refractivity contribution is 5.82. The maximum absolute atomic E-state index is 12.8. The van der Waals surface area contributed by atoms with Gasteiger partial charge in [0.25, 0.3) is 0 Å². The number of carbonyl (C=O) groups is 1. The van der Waals surface area contributed by atoms with E-state index in [1.807, 2.05) is 7.05 Å². The summed E-state index contributed by atoms with van der Waals surface area (Å²) in [5, 5.41) is 3.27. The van der Waals surface area contributed by atoms with Crippen molar-refractivity contribution in [3.05, 3.63) is 0 Å². The van der Waals surface area contributed by atoms with Crippen molar-refractivity contribution in [2.75, 3.05) is 13.6 Å². The van der Waals surface area contributed by atoms with Crippen LogP contribution in [-0.4, -0.2) is 36.5 Å². The third-order valence-corrected chi connectivity index (χ3v) is 6.31. The maximum atomic E-state index is 12.8. The Morgan fingerprint density at radius 2 is 1.95 bits per heavy atom. The Hall–Kier alpha value is -0.570. The summed E-state index contributed by atoms with van der Waals surface area (Å²) in [4.78, 5) is 15.1. The van der Waals surface area contributed by atoms with E-state index in [1.54, 1.807) is 0 Å². The summed E-state index contributed by atoms with van der Waals surface area (Å²) in [6, 6.07) is 0.674. The fraction of sp³-hybridized carbons (Fsp3) is 0.938. The number of fused-ring (bicyclic) bond motifs is 3.